The topological polar surface area (TPSA) is 95.9 Å². The van der Waals surface area contributed by atoms with Crippen molar-refractivity contribution < 1.29 is 24.5 Å². The molecule has 0 aromatic rings. The summed E-state index contributed by atoms with van der Waals surface area (Å²) in [7, 11) is 0. The molecule has 67 heavy (non-hydrogen) atoms. The summed E-state index contributed by atoms with van der Waals surface area (Å²) < 4.78 is 5.46. The van der Waals surface area contributed by atoms with E-state index in [1.54, 1.807) is 6.08 Å². The molecule has 2 atom stereocenters. The van der Waals surface area contributed by atoms with Gasteiger partial charge in [-0.25, -0.2) is 0 Å². The van der Waals surface area contributed by atoms with Crippen molar-refractivity contribution in [3.8, 4) is 0 Å². The summed E-state index contributed by atoms with van der Waals surface area (Å²) in [5.41, 5.74) is 0. The van der Waals surface area contributed by atoms with E-state index < -0.39 is 12.1 Å². The molecule has 0 aliphatic rings. The van der Waals surface area contributed by atoms with Crippen LogP contribution in [0.4, 0.5) is 0 Å². The number of carbonyl (C=O) groups excluding carboxylic acids is 2. The highest BCUT2D eigenvalue weighted by atomic mass is 16.5. The van der Waals surface area contributed by atoms with Crippen molar-refractivity contribution in [3.63, 3.8) is 0 Å². The predicted octanol–water partition coefficient (Wildman–Crippen LogP) is 18.6. The van der Waals surface area contributed by atoms with Gasteiger partial charge in [-0.1, -0.05) is 289 Å². The van der Waals surface area contributed by atoms with Gasteiger partial charge in [0, 0.05) is 12.8 Å². The van der Waals surface area contributed by atoms with Gasteiger partial charge in [0.25, 0.3) is 0 Å². The summed E-state index contributed by atoms with van der Waals surface area (Å²) in [5, 5.41) is 23.0. The number of allylic oxidation sites excluding steroid dienone is 3. The summed E-state index contributed by atoms with van der Waals surface area (Å²) in [6, 6.07) is -0.622. The van der Waals surface area contributed by atoms with Crippen molar-refractivity contribution in [2.75, 3.05) is 13.2 Å². The molecule has 0 aromatic heterocycles. The van der Waals surface area contributed by atoms with Crippen LogP contribution in [-0.4, -0.2) is 47.4 Å². The molecule has 2 unspecified atom stereocenters. The maximum atomic E-state index is 12.4. The summed E-state index contributed by atoms with van der Waals surface area (Å²) in [4.78, 5) is 24.4. The first-order valence-electron chi connectivity index (χ1n) is 30.1. The Balaban J connectivity index is 3.32. The zero-order valence-electron chi connectivity index (χ0n) is 45.1. The zero-order valence-corrected chi connectivity index (χ0v) is 45.1. The number of unbranched alkanes of at least 4 members (excludes halogenated alkanes) is 43. The van der Waals surface area contributed by atoms with Crippen LogP contribution in [0.25, 0.3) is 0 Å². The van der Waals surface area contributed by atoms with Gasteiger partial charge in [0.05, 0.1) is 25.4 Å². The highest BCUT2D eigenvalue weighted by molar-refractivity contribution is 5.76. The number of esters is 1. The van der Waals surface area contributed by atoms with E-state index in [9.17, 15) is 19.8 Å². The smallest absolute Gasteiger partial charge is 0.305 e. The van der Waals surface area contributed by atoms with Crippen LogP contribution < -0.4 is 5.32 Å². The summed E-state index contributed by atoms with van der Waals surface area (Å²) in [5.74, 6) is -0.0577. The molecule has 0 fully saturated rings. The third-order valence-corrected chi connectivity index (χ3v) is 14.0. The molecular formula is C61H117NO5. The van der Waals surface area contributed by atoms with E-state index in [-0.39, 0.29) is 18.5 Å². The molecule has 0 heterocycles. The number of amides is 1. The van der Waals surface area contributed by atoms with Gasteiger partial charge < -0.3 is 20.3 Å². The van der Waals surface area contributed by atoms with Gasteiger partial charge in [-0.05, 0) is 51.4 Å². The number of hydrogen-bond acceptors (Lipinski definition) is 5. The van der Waals surface area contributed by atoms with Crippen LogP contribution in [0.5, 0.6) is 0 Å². The van der Waals surface area contributed by atoms with Gasteiger partial charge in [-0.15, -0.1) is 0 Å². The SMILES string of the molecule is CCCC/C=C\CCCCCCCC(=O)OCCCCCCCCCCCCCCCCCCCCCCCCCCCCCCCC(=O)NC(CO)C(O)/C=C/CCCCCCCCCC. The lowest BCUT2D eigenvalue weighted by atomic mass is 10.0. The first-order chi connectivity index (χ1) is 33.0. The Morgan fingerprint density at radius 3 is 1.10 bits per heavy atom. The van der Waals surface area contributed by atoms with Crippen LogP contribution in [0.1, 0.15) is 328 Å². The lowest BCUT2D eigenvalue weighted by molar-refractivity contribution is -0.143. The first-order valence-corrected chi connectivity index (χ1v) is 30.1. The van der Waals surface area contributed by atoms with Crippen LogP contribution in [0.2, 0.25) is 0 Å². The minimum Gasteiger partial charge on any atom is -0.466 e. The highest BCUT2D eigenvalue weighted by Crippen LogP contribution is 2.18. The fourth-order valence-electron chi connectivity index (χ4n) is 9.32. The van der Waals surface area contributed by atoms with E-state index in [4.69, 9.17) is 4.74 Å². The molecule has 6 nitrogen and oxygen atoms in total. The van der Waals surface area contributed by atoms with Crippen LogP contribution in [0.3, 0.4) is 0 Å². The molecule has 0 aromatic carbocycles. The maximum Gasteiger partial charge on any atom is 0.305 e. The Hall–Kier alpha value is -1.66. The molecule has 1 amide bonds. The minimum atomic E-state index is -0.839. The van der Waals surface area contributed by atoms with Crippen molar-refractivity contribution in [1.82, 2.24) is 5.32 Å². The average Bonchev–Trinajstić information content (AvgIpc) is 3.33. The fraction of sp³-hybridized carbons (Fsp3) is 0.902. The van der Waals surface area contributed by atoms with Crippen molar-refractivity contribution >= 4 is 11.9 Å². The maximum absolute atomic E-state index is 12.4. The molecule has 0 saturated carbocycles. The lowest BCUT2D eigenvalue weighted by Crippen LogP contribution is -2.45. The molecular weight excluding hydrogens is 827 g/mol. The van der Waals surface area contributed by atoms with Gasteiger partial charge in [0.2, 0.25) is 5.91 Å². The molecule has 6 heteroatoms. The second kappa shape index (κ2) is 56.9. The van der Waals surface area contributed by atoms with Crippen LogP contribution >= 0.6 is 0 Å². The van der Waals surface area contributed by atoms with Crippen molar-refractivity contribution in [3.05, 3.63) is 24.3 Å². The number of aliphatic hydroxyl groups excluding tert-OH is 2. The zero-order chi connectivity index (χ0) is 48.6. The molecule has 396 valence electrons. The van der Waals surface area contributed by atoms with E-state index in [0.29, 0.717) is 19.4 Å². The van der Waals surface area contributed by atoms with Crippen LogP contribution in [0, 0.1) is 0 Å². The van der Waals surface area contributed by atoms with E-state index >= 15 is 0 Å². The normalized spacial score (nSPS) is 12.7. The third kappa shape index (κ3) is 53.5. The second-order valence-electron chi connectivity index (χ2n) is 20.7. The van der Waals surface area contributed by atoms with E-state index in [1.165, 1.54) is 257 Å². The van der Waals surface area contributed by atoms with Crippen LogP contribution in [-0.2, 0) is 14.3 Å². The van der Waals surface area contributed by atoms with Gasteiger partial charge in [-0.3, -0.25) is 9.59 Å². The largest absolute Gasteiger partial charge is 0.466 e. The number of hydrogen-bond donors (Lipinski definition) is 3. The first kappa shape index (κ1) is 65.3. The van der Waals surface area contributed by atoms with Crippen molar-refractivity contribution in [2.45, 2.75) is 341 Å². The van der Waals surface area contributed by atoms with E-state index in [1.807, 2.05) is 6.08 Å². The number of ether oxygens (including phenoxy) is 1. The van der Waals surface area contributed by atoms with Gasteiger partial charge >= 0.3 is 5.97 Å². The van der Waals surface area contributed by atoms with Crippen LogP contribution in [0.15, 0.2) is 24.3 Å². The Labute approximate surface area is 418 Å². The van der Waals surface area contributed by atoms with Gasteiger partial charge in [-0.2, -0.15) is 0 Å². The number of aliphatic hydroxyl groups is 2. The Morgan fingerprint density at radius 2 is 0.716 bits per heavy atom. The number of rotatable bonds is 56. The molecule has 0 bridgehead atoms. The van der Waals surface area contributed by atoms with Gasteiger partial charge in [0.1, 0.15) is 0 Å². The molecule has 0 radical (unpaired) electrons. The number of carbonyl (C=O) groups is 2. The standard InChI is InChI=1S/C61H117NO5/c1-3-5-7-9-11-13-34-39-43-47-51-55-61(66)67-56-52-48-44-40-36-33-31-29-27-25-23-21-19-17-15-16-18-20-22-24-26-28-30-32-35-38-42-46-50-54-60(65)62-58(57-63)59(64)53-49-45-41-37-14-12-10-8-6-4-2/h9,11,49,53,58-59,63-64H,3-8,10,12-48,50-52,54-57H2,1-2H3,(H,62,65)/b11-9-,53-49+. The van der Waals surface area contributed by atoms with Crippen molar-refractivity contribution in [2.24, 2.45) is 0 Å². The van der Waals surface area contributed by atoms with E-state index in [2.05, 4.69) is 31.3 Å². The molecule has 0 rings (SSSR count). The molecule has 3 N–H and O–H groups in total. The second-order valence-corrected chi connectivity index (χ2v) is 20.7. The molecule has 0 spiro atoms. The Bertz CT molecular complexity index is 1040. The number of nitrogens with one attached hydrogen (secondary N) is 1. The van der Waals surface area contributed by atoms with E-state index in [0.717, 1.165) is 44.9 Å². The molecule has 0 aliphatic heterocycles. The average molecular weight is 945 g/mol. The summed E-state index contributed by atoms with van der Waals surface area (Å²) in [6.07, 6.45) is 69.5. The Kier molecular flexibility index (Phi) is 55.5. The Morgan fingerprint density at radius 1 is 0.403 bits per heavy atom. The van der Waals surface area contributed by atoms with Gasteiger partial charge in [0.15, 0.2) is 0 Å². The summed E-state index contributed by atoms with van der Waals surface area (Å²) >= 11 is 0. The molecule has 0 saturated heterocycles. The lowest BCUT2D eigenvalue weighted by Gasteiger charge is -2.20. The predicted molar refractivity (Wildman–Crippen MR) is 292 cm³/mol. The highest BCUT2D eigenvalue weighted by Gasteiger charge is 2.18. The monoisotopic (exact) mass is 944 g/mol. The van der Waals surface area contributed by atoms with Crippen molar-refractivity contribution in [1.29, 1.82) is 0 Å². The third-order valence-electron chi connectivity index (χ3n) is 14.0. The molecule has 0 aliphatic carbocycles. The quantitative estimate of drug-likeness (QED) is 0.0321. The summed E-state index contributed by atoms with van der Waals surface area (Å²) in [6.45, 7) is 4.86. The minimum absolute atomic E-state index is 0.00790. The fourth-order valence-corrected chi connectivity index (χ4v) is 9.32.